The fourth-order valence-corrected chi connectivity index (χ4v) is 3.09. The molecule has 0 radical (unpaired) electrons. The van der Waals surface area contributed by atoms with E-state index in [1.165, 1.54) is 24.6 Å². The summed E-state index contributed by atoms with van der Waals surface area (Å²) in [6.45, 7) is 3.91. The minimum absolute atomic E-state index is 0.217. The van der Waals surface area contributed by atoms with Crippen molar-refractivity contribution in [2.24, 2.45) is 5.92 Å². The lowest BCUT2D eigenvalue weighted by atomic mass is 10.3. The zero-order valence-electron chi connectivity index (χ0n) is 11.9. The van der Waals surface area contributed by atoms with Gasteiger partial charge in [-0.2, -0.15) is 0 Å². The molecule has 7 heteroatoms. The molecule has 0 spiro atoms. The van der Waals surface area contributed by atoms with Crippen LogP contribution in [-0.2, 0) is 4.79 Å². The zero-order valence-corrected chi connectivity index (χ0v) is 12.7. The van der Waals surface area contributed by atoms with E-state index in [2.05, 4.69) is 22.4 Å². The molecule has 1 heterocycles. The van der Waals surface area contributed by atoms with E-state index < -0.39 is 0 Å². The van der Waals surface area contributed by atoms with Crippen LogP contribution in [0, 0.1) is 5.92 Å². The first-order valence-corrected chi connectivity index (χ1v) is 8.45. The summed E-state index contributed by atoms with van der Waals surface area (Å²) in [5.74, 6) is 1.40. The third-order valence-corrected chi connectivity index (χ3v) is 4.62. The molecule has 2 saturated carbocycles. The summed E-state index contributed by atoms with van der Waals surface area (Å²) in [6, 6.07) is 0.459. The molecule has 1 aromatic rings. The van der Waals surface area contributed by atoms with E-state index in [4.69, 9.17) is 0 Å². The topological polar surface area (TPSA) is 63.9 Å². The van der Waals surface area contributed by atoms with E-state index in [9.17, 15) is 4.79 Å². The maximum Gasteiger partial charge on any atom is 0.233 e. The van der Waals surface area contributed by atoms with Gasteiger partial charge in [-0.1, -0.05) is 18.7 Å². The summed E-state index contributed by atoms with van der Waals surface area (Å²) < 4.78 is 1.86. The highest BCUT2D eigenvalue weighted by Gasteiger charge is 2.29. The van der Waals surface area contributed by atoms with Crippen molar-refractivity contribution in [3.05, 3.63) is 0 Å². The number of rotatable bonds is 8. The normalized spacial score (nSPS) is 18.2. The maximum absolute atomic E-state index is 12.3. The molecule has 2 fully saturated rings. The highest BCUT2D eigenvalue weighted by Crippen LogP contribution is 2.36. The van der Waals surface area contributed by atoms with Gasteiger partial charge in [0.15, 0.2) is 0 Å². The van der Waals surface area contributed by atoms with Crippen LogP contribution in [0.15, 0.2) is 5.16 Å². The van der Waals surface area contributed by atoms with Gasteiger partial charge in [0.2, 0.25) is 11.1 Å². The van der Waals surface area contributed by atoms with Crippen molar-refractivity contribution in [2.75, 3.05) is 18.8 Å². The number of carbonyl (C=O) groups excluding carboxylic acids is 1. The van der Waals surface area contributed by atoms with Crippen LogP contribution in [0.3, 0.4) is 0 Å². The first-order valence-electron chi connectivity index (χ1n) is 7.46. The van der Waals surface area contributed by atoms with Crippen LogP contribution in [0.25, 0.3) is 0 Å². The number of aromatic nitrogens is 4. The first-order chi connectivity index (χ1) is 9.78. The Bertz CT molecular complexity index is 469. The van der Waals surface area contributed by atoms with Crippen molar-refractivity contribution in [2.45, 2.75) is 50.2 Å². The van der Waals surface area contributed by atoms with Crippen LogP contribution in [0.4, 0.5) is 0 Å². The lowest BCUT2D eigenvalue weighted by Crippen LogP contribution is -2.35. The van der Waals surface area contributed by atoms with E-state index in [1.54, 1.807) is 0 Å². The van der Waals surface area contributed by atoms with Gasteiger partial charge in [0, 0.05) is 13.1 Å². The van der Waals surface area contributed by atoms with E-state index in [1.807, 2.05) is 9.58 Å². The van der Waals surface area contributed by atoms with Crippen LogP contribution in [0.5, 0.6) is 0 Å². The Morgan fingerprint density at radius 2 is 2.20 bits per heavy atom. The quantitative estimate of drug-likeness (QED) is 0.684. The number of thioether (sulfide) groups is 1. The van der Waals surface area contributed by atoms with E-state index in [0.29, 0.717) is 11.8 Å². The minimum atomic E-state index is 0.217. The van der Waals surface area contributed by atoms with Gasteiger partial charge in [-0.05, 0) is 48.4 Å². The minimum Gasteiger partial charge on any atom is -0.342 e. The molecule has 0 atom stereocenters. The molecule has 0 bridgehead atoms. The van der Waals surface area contributed by atoms with Crippen molar-refractivity contribution in [1.29, 1.82) is 0 Å². The second kappa shape index (κ2) is 6.11. The Hall–Kier alpha value is -1.11. The SMILES string of the molecule is CCCN(CC1CC1)C(=O)CSc1nnnn1C1CC1. The third-order valence-electron chi connectivity index (χ3n) is 3.70. The molecule has 110 valence electrons. The lowest BCUT2D eigenvalue weighted by molar-refractivity contribution is -0.128. The highest BCUT2D eigenvalue weighted by molar-refractivity contribution is 7.99. The average Bonchev–Trinajstić information content (AvgIpc) is 3.37. The first kappa shape index (κ1) is 13.9. The molecule has 3 rings (SSSR count). The van der Waals surface area contributed by atoms with E-state index >= 15 is 0 Å². The summed E-state index contributed by atoms with van der Waals surface area (Å²) >= 11 is 1.47. The molecule has 0 aliphatic heterocycles. The van der Waals surface area contributed by atoms with Gasteiger partial charge in [0.25, 0.3) is 0 Å². The summed E-state index contributed by atoms with van der Waals surface area (Å²) in [6.07, 6.45) is 5.87. The van der Waals surface area contributed by atoms with Gasteiger partial charge in [-0.3, -0.25) is 4.79 Å². The molecular weight excluding hydrogens is 274 g/mol. The number of tetrazole rings is 1. The van der Waals surface area contributed by atoms with Gasteiger partial charge in [-0.15, -0.1) is 5.10 Å². The highest BCUT2D eigenvalue weighted by atomic mass is 32.2. The van der Waals surface area contributed by atoms with Crippen molar-refractivity contribution in [1.82, 2.24) is 25.1 Å². The second-order valence-electron chi connectivity index (χ2n) is 5.71. The Morgan fingerprint density at radius 1 is 1.40 bits per heavy atom. The third kappa shape index (κ3) is 3.50. The summed E-state index contributed by atoms with van der Waals surface area (Å²) in [7, 11) is 0. The summed E-state index contributed by atoms with van der Waals surface area (Å²) in [5, 5.41) is 12.5. The van der Waals surface area contributed by atoms with Gasteiger partial charge in [-0.25, -0.2) is 4.68 Å². The number of hydrogen-bond acceptors (Lipinski definition) is 5. The van der Waals surface area contributed by atoms with Gasteiger partial charge < -0.3 is 4.90 Å². The monoisotopic (exact) mass is 295 g/mol. The van der Waals surface area contributed by atoms with Crippen molar-refractivity contribution in [3.8, 4) is 0 Å². The Balaban J connectivity index is 1.52. The number of hydrogen-bond donors (Lipinski definition) is 0. The van der Waals surface area contributed by atoms with E-state index in [-0.39, 0.29) is 5.91 Å². The molecule has 0 saturated heterocycles. The fraction of sp³-hybridized carbons (Fsp3) is 0.846. The van der Waals surface area contributed by atoms with Crippen molar-refractivity contribution in [3.63, 3.8) is 0 Å². The molecule has 20 heavy (non-hydrogen) atoms. The van der Waals surface area contributed by atoms with Crippen molar-refractivity contribution >= 4 is 17.7 Å². The van der Waals surface area contributed by atoms with Gasteiger partial charge >= 0.3 is 0 Å². The number of carbonyl (C=O) groups is 1. The molecule has 0 N–H and O–H groups in total. The summed E-state index contributed by atoms with van der Waals surface area (Å²) in [4.78, 5) is 14.3. The number of amides is 1. The predicted molar refractivity (Wildman–Crippen MR) is 76.4 cm³/mol. The average molecular weight is 295 g/mol. The second-order valence-corrected chi connectivity index (χ2v) is 6.65. The molecule has 0 aromatic carbocycles. The lowest BCUT2D eigenvalue weighted by Gasteiger charge is -2.21. The molecule has 6 nitrogen and oxygen atoms in total. The van der Waals surface area contributed by atoms with Crippen molar-refractivity contribution < 1.29 is 4.79 Å². The predicted octanol–water partition coefficient (Wildman–Crippen LogP) is 1.75. The Morgan fingerprint density at radius 3 is 2.85 bits per heavy atom. The maximum atomic E-state index is 12.3. The van der Waals surface area contributed by atoms with Crippen LogP contribution in [-0.4, -0.2) is 49.9 Å². The molecule has 1 aromatic heterocycles. The van der Waals surface area contributed by atoms with Crippen LogP contribution in [0.1, 0.15) is 45.1 Å². The molecule has 0 unspecified atom stereocenters. The molecule has 1 amide bonds. The van der Waals surface area contributed by atoms with Gasteiger partial charge in [0.1, 0.15) is 0 Å². The van der Waals surface area contributed by atoms with Crippen LogP contribution in [0.2, 0.25) is 0 Å². The Labute approximate surface area is 123 Å². The molecule has 2 aliphatic rings. The smallest absolute Gasteiger partial charge is 0.233 e. The standard InChI is InChI=1S/C13H21N5OS/c1-2-7-17(8-10-3-4-10)12(19)9-20-13-14-15-16-18(13)11-5-6-11/h10-11H,2-9H2,1H3. The van der Waals surface area contributed by atoms with E-state index in [0.717, 1.165) is 43.4 Å². The zero-order chi connectivity index (χ0) is 13.9. The molecule has 2 aliphatic carbocycles. The van der Waals surface area contributed by atoms with Crippen LogP contribution < -0.4 is 0 Å². The fourth-order valence-electron chi connectivity index (χ4n) is 2.25. The molecular formula is C13H21N5OS. The number of nitrogens with zero attached hydrogens (tertiary/aromatic N) is 5. The Kier molecular flexibility index (Phi) is 4.24. The van der Waals surface area contributed by atoms with Gasteiger partial charge in [0.05, 0.1) is 11.8 Å². The van der Waals surface area contributed by atoms with Crippen LogP contribution >= 0.6 is 11.8 Å². The summed E-state index contributed by atoms with van der Waals surface area (Å²) in [5.41, 5.74) is 0. The largest absolute Gasteiger partial charge is 0.342 e.